The third-order valence-corrected chi connectivity index (χ3v) is 2.27. The van der Waals surface area contributed by atoms with Crippen LogP contribution >= 0.6 is 0 Å². The van der Waals surface area contributed by atoms with Crippen molar-refractivity contribution in [2.75, 3.05) is 7.11 Å². The Morgan fingerprint density at radius 1 is 1.27 bits per heavy atom. The van der Waals surface area contributed by atoms with Gasteiger partial charge in [-0.3, -0.25) is 4.79 Å². The minimum absolute atomic E-state index is 0.0280. The molecule has 0 fully saturated rings. The van der Waals surface area contributed by atoms with E-state index < -0.39 is 0 Å². The van der Waals surface area contributed by atoms with E-state index in [2.05, 4.69) is 4.98 Å². The Bertz CT molecular complexity index is 520. The van der Waals surface area contributed by atoms with Gasteiger partial charge in [0.2, 0.25) is 0 Å². The smallest absolute Gasteiger partial charge is 0.178 e. The molecular weight excluding hydrogens is 190 g/mol. The van der Waals surface area contributed by atoms with Crippen LogP contribution in [-0.2, 0) is 0 Å². The molecule has 1 aromatic heterocycles. The molecule has 3 heteroatoms. The Kier molecular flexibility index (Phi) is 2.37. The molecule has 0 bridgehead atoms. The van der Waals surface area contributed by atoms with Gasteiger partial charge in [0, 0.05) is 12.3 Å². The van der Waals surface area contributed by atoms with Crippen LogP contribution in [0.25, 0.3) is 10.9 Å². The maximum atomic E-state index is 11.1. The van der Waals surface area contributed by atoms with E-state index >= 15 is 0 Å². The molecule has 0 aliphatic carbocycles. The molecule has 0 saturated carbocycles. The molecule has 0 spiro atoms. The lowest BCUT2D eigenvalue weighted by Gasteiger charge is -2.04. The summed E-state index contributed by atoms with van der Waals surface area (Å²) >= 11 is 0. The number of ether oxygens (including phenoxy) is 1. The van der Waals surface area contributed by atoms with Crippen LogP contribution in [0.5, 0.6) is 5.75 Å². The number of benzene rings is 1. The highest BCUT2D eigenvalue weighted by Crippen LogP contribution is 2.23. The largest absolute Gasteiger partial charge is 0.496 e. The third kappa shape index (κ3) is 1.68. The number of rotatable bonds is 2. The Labute approximate surface area is 87.7 Å². The number of methoxy groups -OCH3 is 1. The second-order valence-electron chi connectivity index (χ2n) is 3.28. The van der Waals surface area contributed by atoms with Crippen LogP contribution in [0.2, 0.25) is 0 Å². The van der Waals surface area contributed by atoms with Crippen molar-refractivity contribution in [2.24, 2.45) is 0 Å². The van der Waals surface area contributed by atoms with Crippen LogP contribution < -0.4 is 4.74 Å². The molecule has 0 atom stereocenters. The number of ketones is 1. The number of hydrogen-bond acceptors (Lipinski definition) is 3. The molecule has 1 heterocycles. The molecule has 3 nitrogen and oxygen atoms in total. The topological polar surface area (TPSA) is 39.2 Å². The number of carbonyl (C=O) groups is 1. The zero-order valence-corrected chi connectivity index (χ0v) is 8.65. The highest BCUT2D eigenvalue weighted by molar-refractivity contribution is 5.95. The van der Waals surface area contributed by atoms with Crippen molar-refractivity contribution in [1.82, 2.24) is 4.98 Å². The van der Waals surface area contributed by atoms with Crippen molar-refractivity contribution in [3.05, 3.63) is 36.0 Å². The van der Waals surface area contributed by atoms with Crippen molar-refractivity contribution >= 4 is 16.7 Å². The predicted octanol–water partition coefficient (Wildman–Crippen LogP) is 2.45. The lowest BCUT2D eigenvalue weighted by molar-refractivity contribution is 0.101. The molecule has 2 rings (SSSR count). The molecule has 0 N–H and O–H groups in total. The Morgan fingerprint density at radius 2 is 2.07 bits per heavy atom. The zero-order chi connectivity index (χ0) is 10.8. The summed E-state index contributed by atoms with van der Waals surface area (Å²) in [6, 6.07) is 9.17. The van der Waals surface area contributed by atoms with Gasteiger partial charge >= 0.3 is 0 Å². The fourth-order valence-corrected chi connectivity index (χ4v) is 1.50. The van der Waals surface area contributed by atoms with Gasteiger partial charge in [-0.1, -0.05) is 6.07 Å². The summed E-state index contributed by atoms with van der Waals surface area (Å²) in [4.78, 5) is 15.4. The maximum Gasteiger partial charge on any atom is 0.178 e. The number of carbonyl (C=O) groups excluding carboxylic acids is 1. The zero-order valence-electron chi connectivity index (χ0n) is 8.65. The number of aromatic nitrogens is 1. The minimum atomic E-state index is -0.0280. The lowest BCUT2D eigenvalue weighted by Crippen LogP contribution is -1.96. The molecular formula is C12H11NO2. The molecule has 2 aromatic rings. The average molecular weight is 201 g/mol. The van der Waals surface area contributed by atoms with Crippen LogP contribution in [0.15, 0.2) is 30.3 Å². The fraction of sp³-hybridized carbons (Fsp3) is 0.167. The minimum Gasteiger partial charge on any atom is -0.496 e. The summed E-state index contributed by atoms with van der Waals surface area (Å²) in [5.41, 5.74) is 1.26. The van der Waals surface area contributed by atoms with E-state index in [0.29, 0.717) is 5.69 Å². The van der Waals surface area contributed by atoms with Crippen molar-refractivity contribution in [3.63, 3.8) is 0 Å². The standard InChI is InChI=1S/C12H11NO2/c1-8(14)10-7-6-9-11(13-10)4-3-5-12(9)15-2/h3-7H,1-2H3. The molecule has 0 aliphatic rings. The van der Waals surface area contributed by atoms with Crippen LogP contribution in [-0.4, -0.2) is 17.9 Å². The van der Waals surface area contributed by atoms with Gasteiger partial charge in [0.25, 0.3) is 0 Å². The summed E-state index contributed by atoms with van der Waals surface area (Å²) in [7, 11) is 1.62. The predicted molar refractivity (Wildman–Crippen MR) is 58.3 cm³/mol. The fourth-order valence-electron chi connectivity index (χ4n) is 1.50. The number of nitrogens with zero attached hydrogens (tertiary/aromatic N) is 1. The van der Waals surface area contributed by atoms with Crippen molar-refractivity contribution in [1.29, 1.82) is 0 Å². The quantitative estimate of drug-likeness (QED) is 0.700. The Hall–Kier alpha value is -1.90. The molecule has 0 amide bonds. The average Bonchev–Trinajstić information content (AvgIpc) is 2.27. The van der Waals surface area contributed by atoms with E-state index in [4.69, 9.17) is 4.74 Å². The van der Waals surface area contributed by atoms with Crippen molar-refractivity contribution in [2.45, 2.75) is 6.92 Å². The Balaban J connectivity index is 2.69. The van der Waals surface area contributed by atoms with Gasteiger partial charge in [-0.2, -0.15) is 0 Å². The second-order valence-corrected chi connectivity index (χ2v) is 3.28. The number of Topliss-reactive ketones (excluding diaryl/α,β-unsaturated/α-hetero) is 1. The summed E-state index contributed by atoms with van der Waals surface area (Å²) in [6.07, 6.45) is 0. The van der Waals surface area contributed by atoms with E-state index in [1.165, 1.54) is 6.92 Å². The molecule has 0 saturated heterocycles. The van der Waals surface area contributed by atoms with Gasteiger partial charge in [0.15, 0.2) is 5.78 Å². The van der Waals surface area contributed by atoms with Gasteiger partial charge in [0.05, 0.1) is 12.6 Å². The second kappa shape index (κ2) is 3.69. The van der Waals surface area contributed by atoms with Gasteiger partial charge < -0.3 is 4.74 Å². The first-order chi connectivity index (χ1) is 7.22. The summed E-state index contributed by atoms with van der Waals surface area (Å²) < 4.78 is 5.20. The highest BCUT2D eigenvalue weighted by atomic mass is 16.5. The van der Waals surface area contributed by atoms with Crippen LogP contribution in [0.4, 0.5) is 0 Å². The van der Waals surface area contributed by atoms with Crippen molar-refractivity contribution < 1.29 is 9.53 Å². The first-order valence-electron chi connectivity index (χ1n) is 4.67. The maximum absolute atomic E-state index is 11.1. The monoisotopic (exact) mass is 201 g/mol. The van der Waals surface area contributed by atoms with Gasteiger partial charge in [0.1, 0.15) is 11.4 Å². The summed E-state index contributed by atoms with van der Waals surface area (Å²) in [5.74, 6) is 0.745. The molecule has 0 unspecified atom stereocenters. The molecule has 76 valence electrons. The first kappa shape index (κ1) is 9.65. The molecule has 0 radical (unpaired) electrons. The first-order valence-corrected chi connectivity index (χ1v) is 4.67. The third-order valence-electron chi connectivity index (χ3n) is 2.27. The van der Waals surface area contributed by atoms with E-state index in [1.54, 1.807) is 13.2 Å². The van der Waals surface area contributed by atoms with E-state index in [0.717, 1.165) is 16.7 Å². The highest BCUT2D eigenvalue weighted by Gasteiger charge is 2.05. The number of fused-ring (bicyclic) bond motifs is 1. The van der Waals surface area contributed by atoms with E-state index in [9.17, 15) is 4.79 Å². The van der Waals surface area contributed by atoms with Gasteiger partial charge in [-0.15, -0.1) is 0 Å². The number of hydrogen-bond donors (Lipinski definition) is 0. The van der Waals surface area contributed by atoms with Gasteiger partial charge in [-0.05, 0) is 24.3 Å². The molecule has 1 aromatic carbocycles. The van der Waals surface area contributed by atoms with E-state index in [1.807, 2.05) is 24.3 Å². The van der Waals surface area contributed by atoms with Crippen molar-refractivity contribution in [3.8, 4) is 5.75 Å². The van der Waals surface area contributed by atoms with Crippen LogP contribution in [0.3, 0.4) is 0 Å². The number of pyridine rings is 1. The lowest BCUT2D eigenvalue weighted by atomic mass is 10.1. The summed E-state index contributed by atoms with van der Waals surface area (Å²) in [6.45, 7) is 1.51. The SMILES string of the molecule is COc1cccc2nc(C(C)=O)ccc12. The van der Waals surface area contributed by atoms with Crippen LogP contribution in [0, 0.1) is 0 Å². The van der Waals surface area contributed by atoms with Crippen LogP contribution in [0.1, 0.15) is 17.4 Å². The van der Waals surface area contributed by atoms with E-state index in [-0.39, 0.29) is 5.78 Å². The summed E-state index contributed by atoms with van der Waals surface area (Å²) in [5, 5.41) is 0.921. The Morgan fingerprint density at radius 3 is 2.73 bits per heavy atom. The van der Waals surface area contributed by atoms with Gasteiger partial charge in [-0.25, -0.2) is 4.98 Å². The molecule has 15 heavy (non-hydrogen) atoms. The normalized spacial score (nSPS) is 10.3. The molecule has 0 aliphatic heterocycles.